The van der Waals surface area contributed by atoms with Gasteiger partial charge in [0, 0.05) is 31.1 Å². The van der Waals surface area contributed by atoms with Gasteiger partial charge in [0.1, 0.15) is 5.76 Å². The number of hydrogen-bond donors (Lipinski definition) is 0. The molecule has 0 amide bonds. The lowest BCUT2D eigenvalue weighted by Gasteiger charge is -2.18. The van der Waals surface area contributed by atoms with E-state index in [1.54, 1.807) is 30.5 Å². The van der Waals surface area contributed by atoms with Crippen molar-refractivity contribution in [3.05, 3.63) is 36.7 Å². The van der Waals surface area contributed by atoms with Crippen LogP contribution in [0.3, 0.4) is 0 Å². The van der Waals surface area contributed by atoms with Crippen LogP contribution in [0, 0.1) is 0 Å². The van der Waals surface area contributed by atoms with Crippen molar-refractivity contribution in [2.24, 2.45) is 0 Å². The summed E-state index contributed by atoms with van der Waals surface area (Å²) in [6.45, 7) is 4.97. The maximum absolute atomic E-state index is 12.8. The van der Waals surface area contributed by atoms with E-state index in [9.17, 15) is 8.42 Å². The second-order valence-electron chi connectivity index (χ2n) is 5.82. The second-order valence-corrected chi connectivity index (χ2v) is 9.02. The van der Waals surface area contributed by atoms with E-state index >= 15 is 0 Å². The van der Waals surface area contributed by atoms with Crippen molar-refractivity contribution in [2.45, 2.75) is 36.6 Å². The summed E-state index contributed by atoms with van der Waals surface area (Å²) in [5.74, 6) is 1.66. The first kappa shape index (κ1) is 16.6. The molecule has 0 bridgehead atoms. The summed E-state index contributed by atoms with van der Waals surface area (Å²) in [5.41, 5.74) is 0. The fraction of sp³-hybridized carbons (Fsp3) is 0.533. The van der Waals surface area contributed by atoms with Gasteiger partial charge in [0.15, 0.2) is 5.03 Å². The molecule has 0 radical (unpaired) electrons. The number of thioether (sulfide) groups is 1. The second kappa shape index (κ2) is 6.70. The van der Waals surface area contributed by atoms with Crippen molar-refractivity contribution >= 4 is 21.8 Å². The van der Waals surface area contributed by atoms with Gasteiger partial charge in [-0.2, -0.15) is 4.31 Å². The molecule has 3 heterocycles. The minimum absolute atomic E-state index is 0.132. The van der Waals surface area contributed by atoms with Gasteiger partial charge in [0.2, 0.25) is 0 Å². The van der Waals surface area contributed by atoms with Gasteiger partial charge in [0.05, 0.1) is 17.8 Å². The number of rotatable bonds is 4. The van der Waals surface area contributed by atoms with E-state index in [1.807, 2.05) is 30.5 Å². The number of nitrogens with zero attached hydrogens (tertiary/aromatic N) is 3. The molecule has 23 heavy (non-hydrogen) atoms. The Morgan fingerprint density at radius 2 is 2.22 bits per heavy atom. The van der Waals surface area contributed by atoms with E-state index in [2.05, 4.69) is 4.98 Å². The monoisotopic (exact) mass is 355 g/mol. The number of furan rings is 1. The Morgan fingerprint density at radius 3 is 2.87 bits per heavy atom. The molecule has 0 spiro atoms. The van der Waals surface area contributed by atoms with Crippen molar-refractivity contribution < 1.29 is 12.8 Å². The molecule has 6 nitrogen and oxygen atoms in total. The minimum atomic E-state index is -3.53. The van der Waals surface area contributed by atoms with Gasteiger partial charge in [-0.05, 0) is 32.4 Å². The number of aromatic nitrogens is 2. The van der Waals surface area contributed by atoms with Crippen molar-refractivity contribution in [3.63, 3.8) is 0 Å². The number of hydrogen-bond acceptors (Lipinski definition) is 5. The first-order chi connectivity index (χ1) is 11.0. The first-order valence-electron chi connectivity index (χ1n) is 7.67. The zero-order valence-electron chi connectivity index (χ0n) is 13.3. The lowest BCUT2D eigenvalue weighted by atomic mass is 10.2. The van der Waals surface area contributed by atoms with Gasteiger partial charge in [0.25, 0.3) is 10.0 Å². The van der Waals surface area contributed by atoms with Crippen LogP contribution in [0.15, 0.2) is 40.4 Å². The molecule has 1 aliphatic heterocycles. The van der Waals surface area contributed by atoms with Crippen LogP contribution in [-0.4, -0.2) is 41.1 Å². The standard InChI is InChI=1S/C15H21N3O3S2/c1-12(2)17-10-15(16-11-17)23(19,20)18-6-5-14(22-9-7-18)13-4-3-8-21-13/h3-4,8,10-12,14H,5-7,9H2,1-2H3/t14-/m0/s1. The van der Waals surface area contributed by atoms with E-state index in [4.69, 9.17) is 4.42 Å². The van der Waals surface area contributed by atoms with Crippen molar-refractivity contribution in [2.75, 3.05) is 18.8 Å². The molecule has 0 aliphatic carbocycles. The van der Waals surface area contributed by atoms with E-state index in [0.29, 0.717) is 13.1 Å². The lowest BCUT2D eigenvalue weighted by molar-refractivity contribution is 0.415. The highest BCUT2D eigenvalue weighted by atomic mass is 32.2. The normalized spacial score (nSPS) is 20.7. The van der Waals surface area contributed by atoms with E-state index in [0.717, 1.165) is 17.9 Å². The van der Waals surface area contributed by atoms with Crippen LogP contribution in [0.25, 0.3) is 0 Å². The average molecular weight is 355 g/mol. The molecule has 1 aliphatic rings. The Morgan fingerprint density at radius 1 is 1.39 bits per heavy atom. The van der Waals surface area contributed by atoms with Crippen molar-refractivity contribution in [3.8, 4) is 0 Å². The molecule has 0 unspecified atom stereocenters. The van der Waals surface area contributed by atoms with Gasteiger partial charge in [-0.1, -0.05) is 0 Å². The predicted octanol–water partition coefficient (Wildman–Crippen LogP) is 2.93. The van der Waals surface area contributed by atoms with E-state index in [-0.39, 0.29) is 16.3 Å². The number of sulfonamides is 1. The number of imidazole rings is 1. The lowest BCUT2D eigenvalue weighted by Crippen LogP contribution is -2.33. The van der Waals surface area contributed by atoms with Gasteiger partial charge in [-0.3, -0.25) is 0 Å². The average Bonchev–Trinajstić information content (AvgIpc) is 3.15. The van der Waals surface area contributed by atoms with Crippen LogP contribution in [0.1, 0.15) is 37.3 Å². The molecule has 2 aromatic rings. The molecule has 3 rings (SSSR count). The van der Waals surface area contributed by atoms with Crippen LogP contribution in [-0.2, 0) is 10.0 Å². The smallest absolute Gasteiger partial charge is 0.262 e. The summed E-state index contributed by atoms with van der Waals surface area (Å²) in [4.78, 5) is 4.09. The zero-order chi connectivity index (χ0) is 16.4. The molecule has 8 heteroatoms. The molecule has 1 saturated heterocycles. The van der Waals surface area contributed by atoms with Crippen LogP contribution in [0.4, 0.5) is 0 Å². The largest absolute Gasteiger partial charge is 0.468 e. The maximum atomic E-state index is 12.8. The van der Waals surface area contributed by atoms with Gasteiger partial charge in [-0.15, -0.1) is 11.8 Å². The fourth-order valence-corrected chi connectivity index (χ4v) is 5.23. The summed E-state index contributed by atoms with van der Waals surface area (Å²) in [5, 5.41) is 0.339. The van der Waals surface area contributed by atoms with Crippen LogP contribution >= 0.6 is 11.8 Å². The topological polar surface area (TPSA) is 68.3 Å². The third-order valence-electron chi connectivity index (χ3n) is 3.94. The zero-order valence-corrected chi connectivity index (χ0v) is 14.9. The summed E-state index contributed by atoms with van der Waals surface area (Å²) < 4.78 is 34.4. The fourth-order valence-electron chi connectivity index (χ4n) is 2.56. The SMILES string of the molecule is CC(C)n1cnc(S(=O)(=O)N2CCS[C@H](c3ccco3)CC2)c1. The molecule has 1 fully saturated rings. The summed E-state index contributed by atoms with van der Waals surface area (Å²) in [7, 11) is -3.53. The van der Waals surface area contributed by atoms with Gasteiger partial charge >= 0.3 is 0 Å². The highest BCUT2D eigenvalue weighted by Gasteiger charge is 2.30. The highest BCUT2D eigenvalue weighted by molar-refractivity contribution is 7.99. The van der Waals surface area contributed by atoms with Crippen LogP contribution in [0.5, 0.6) is 0 Å². The third kappa shape index (κ3) is 3.49. The summed E-state index contributed by atoms with van der Waals surface area (Å²) >= 11 is 1.74. The summed E-state index contributed by atoms with van der Waals surface area (Å²) in [6, 6.07) is 4.01. The van der Waals surface area contributed by atoms with Gasteiger partial charge in [-0.25, -0.2) is 13.4 Å². The van der Waals surface area contributed by atoms with Crippen LogP contribution < -0.4 is 0 Å². The van der Waals surface area contributed by atoms with Crippen molar-refractivity contribution in [1.29, 1.82) is 0 Å². The quantitative estimate of drug-likeness (QED) is 0.843. The van der Waals surface area contributed by atoms with E-state index < -0.39 is 10.0 Å². The Hall–Kier alpha value is -1.25. The molecular weight excluding hydrogens is 334 g/mol. The first-order valence-corrected chi connectivity index (χ1v) is 10.2. The van der Waals surface area contributed by atoms with Crippen molar-refractivity contribution in [1.82, 2.24) is 13.9 Å². The van der Waals surface area contributed by atoms with Gasteiger partial charge < -0.3 is 8.98 Å². The minimum Gasteiger partial charge on any atom is -0.468 e. The molecule has 0 aromatic carbocycles. The predicted molar refractivity (Wildman–Crippen MR) is 89.9 cm³/mol. The Labute approximate surface area is 140 Å². The molecule has 126 valence electrons. The third-order valence-corrected chi connectivity index (χ3v) is 7.01. The maximum Gasteiger partial charge on any atom is 0.262 e. The summed E-state index contributed by atoms with van der Waals surface area (Å²) in [6.07, 6.45) is 5.59. The Balaban J connectivity index is 1.75. The molecular formula is C15H21N3O3S2. The molecule has 0 N–H and O–H groups in total. The van der Waals surface area contributed by atoms with Crippen LogP contribution in [0.2, 0.25) is 0 Å². The highest BCUT2D eigenvalue weighted by Crippen LogP contribution is 2.35. The van der Waals surface area contributed by atoms with E-state index in [1.165, 1.54) is 4.31 Å². The Bertz CT molecular complexity index is 738. The molecule has 1 atom stereocenters. The molecule has 2 aromatic heterocycles. The Kier molecular flexibility index (Phi) is 4.84. The molecule has 0 saturated carbocycles.